The normalized spacial score (nSPS) is 17.8. The fourth-order valence-electron chi connectivity index (χ4n) is 3.12. The van der Waals surface area contributed by atoms with E-state index in [1.54, 1.807) is 23.7 Å². The van der Waals surface area contributed by atoms with E-state index < -0.39 is 0 Å². The Morgan fingerprint density at radius 3 is 2.96 bits per heavy atom. The van der Waals surface area contributed by atoms with Gasteiger partial charge in [0.05, 0.1) is 15.9 Å². The zero-order valence-corrected chi connectivity index (χ0v) is 14.6. The molecule has 1 unspecified atom stereocenters. The first kappa shape index (κ1) is 15.7. The minimum absolute atomic E-state index is 0.284. The van der Waals surface area contributed by atoms with Crippen molar-refractivity contribution in [2.45, 2.75) is 12.3 Å². The number of thiophene rings is 1. The predicted octanol–water partition coefficient (Wildman–Crippen LogP) is 6.11. The van der Waals surface area contributed by atoms with Crippen LogP contribution in [-0.2, 0) is 0 Å². The second kappa shape index (κ2) is 6.99. The SMILES string of the molecule is C=C/C=C\C=C\C1=CC(c2ncnc3c2sc2ccccc23)CC=C1. The lowest BCUT2D eigenvalue weighted by Crippen LogP contribution is -2.02. The zero-order valence-electron chi connectivity index (χ0n) is 13.8. The van der Waals surface area contributed by atoms with Gasteiger partial charge in [0.2, 0.25) is 0 Å². The second-order valence-corrected chi connectivity index (χ2v) is 6.98. The molecule has 4 rings (SSSR count). The van der Waals surface area contributed by atoms with Crippen molar-refractivity contribution in [1.82, 2.24) is 9.97 Å². The van der Waals surface area contributed by atoms with Gasteiger partial charge in [-0.3, -0.25) is 0 Å². The number of hydrogen-bond acceptors (Lipinski definition) is 3. The Labute approximate surface area is 151 Å². The number of nitrogens with zero attached hydrogens (tertiary/aromatic N) is 2. The lowest BCUT2D eigenvalue weighted by atomic mass is 9.92. The van der Waals surface area contributed by atoms with E-state index in [1.807, 2.05) is 18.2 Å². The molecular formula is C22H18N2S. The average Bonchev–Trinajstić information content (AvgIpc) is 3.04. The van der Waals surface area contributed by atoms with E-state index in [0.717, 1.165) is 17.6 Å². The van der Waals surface area contributed by atoms with Crippen molar-refractivity contribution >= 4 is 31.6 Å². The van der Waals surface area contributed by atoms with Crippen LogP contribution in [0.3, 0.4) is 0 Å². The van der Waals surface area contributed by atoms with Crippen molar-refractivity contribution in [3.05, 3.63) is 97.0 Å². The van der Waals surface area contributed by atoms with Crippen LogP contribution in [0.1, 0.15) is 18.0 Å². The summed E-state index contributed by atoms with van der Waals surface area (Å²) in [6.45, 7) is 3.68. The lowest BCUT2D eigenvalue weighted by Gasteiger charge is -2.15. The molecule has 1 aliphatic rings. The highest BCUT2D eigenvalue weighted by molar-refractivity contribution is 7.25. The number of hydrogen-bond donors (Lipinski definition) is 0. The van der Waals surface area contributed by atoms with E-state index in [0.29, 0.717) is 0 Å². The summed E-state index contributed by atoms with van der Waals surface area (Å²) in [5.41, 5.74) is 3.40. The molecule has 1 atom stereocenters. The number of allylic oxidation sites excluding steroid dienone is 9. The molecule has 0 radical (unpaired) electrons. The first-order valence-electron chi connectivity index (χ1n) is 8.33. The van der Waals surface area contributed by atoms with E-state index in [4.69, 9.17) is 0 Å². The Balaban J connectivity index is 1.75. The minimum Gasteiger partial charge on any atom is -0.239 e. The summed E-state index contributed by atoms with van der Waals surface area (Å²) < 4.78 is 2.47. The van der Waals surface area contributed by atoms with Crippen LogP contribution in [0.15, 0.2) is 91.4 Å². The van der Waals surface area contributed by atoms with Crippen molar-refractivity contribution < 1.29 is 0 Å². The van der Waals surface area contributed by atoms with Gasteiger partial charge in [-0.05, 0) is 18.1 Å². The van der Waals surface area contributed by atoms with Crippen LogP contribution < -0.4 is 0 Å². The Bertz CT molecular complexity index is 1050. The number of rotatable bonds is 4. The summed E-state index contributed by atoms with van der Waals surface area (Å²) in [6.07, 6.45) is 19.2. The molecule has 0 amide bonds. The van der Waals surface area contributed by atoms with Crippen molar-refractivity contribution in [2.75, 3.05) is 0 Å². The molecule has 0 saturated carbocycles. The lowest BCUT2D eigenvalue weighted by molar-refractivity contribution is 0.818. The third-order valence-electron chi connectivity index (χ3n) is 4.28. The van der Waals surface area contributed by atoms with Crippen LogP contribution in [0, 0.1) is 0 Å². The highest BCUT2D eigenvalue weighted by atomic mass is 32.1. The van der Waals surface area contributed by atoms with Gasteiger partial charge in [0.25, 0.3) is 0 Å². The molecule has 2 aromatic heterocycles. The maximum absolute atomic E-state index is 4.64. The Morgan fingerprint density at radius 2 is 2.04 bits per heavy atom. The Hall–Kier alpha value is -2.78. The maximum Gasteiger partial charge on any atom is 0.116 e. The molecule has 3 aromatic rings. The molecule has 1 aliphatic carbocycles. The molecule has 0 bridgehead atoms. The third-order valence-corrected chi connectivity index (χ3v) is 5.46. The topological polar surface area (TPSA) is 25.8 Å². The molecule has 1 aromatic carbocycles. The first-order valence-corrected chi connectivity index (χ1v) is 9.15. The average molecular weight is 342 g/mol. The first-order chi connectivity index (χ1) is 12.4. The minimum atomic E-state index is 0.284. The van der Waals surface area contributed by atoms with E-state index in [9.17, 15) is 0 Å². The van der Waals surface area contributed by atoms with Crippen LogP contribution in [0.2, 0.25) is 0 Å². The van der Waals surface area contributed by atoms with Gasteiger partial charge in [-0.1, -0.05) is 73.4 Å². The summed E-state index contributed by atoms with van der Waals surface area (Å²) in [5, 5.41) is 1.22. The van der Waals surface area contributed by atoms with Gasteiger partial charge < -0.3 is 0 Å². The summed E-state index contributed by atoms with van der Waals surface area (Å²) in [6, 6.07) is 8.44. The van der Waals surface area contributed by atoms with Crippen LogP contribution in [-0.4, -0.2) is 9.97 Å². The van der Waals surface area contributed by atoms with Gasteiger partial charge in [0.15, 0.2) is 0 Å². The van der Waals surface area contributed by atoms with Gasteiger partial charge in [-0.15, -0.1) is 11.3 Å². The summed E-state index contributed by atoms with van der Waals surface area (Å²) in [4.78, 5) is 9.18. The quantitative estimate of drug-likeness (QED) is 0.534. The maximum atomic E-state index is 4.64. The third kappa shape index (κ3) is 3.11. The largest absolute Gasteiger partial charge is 0.239 e. The smallest absolute Gasteiger partial charge is 0.116 e. The molecular weight excluding hydrogens is 324 g/mol. The van der Waals surface area contributed by atoms with Crippen LogP contribution in [0.5, 0.6) is 0 Å². The van der Waals surface area contributed by atoms with E-state index >= 15 is 0 Å². The Morgan fingerprint density at radius 1 is 1.12 bits per heavy atom. The molecule has 2 heterocycles. The van der Waals surface area contributed by atoms with E-state index in [2.05, 4.69) is 65.1 Å². The molecule has 0 aliphatic heterocycles. The fraction of sp³-hybridized carbons (Fsp3) is 0.0909. The second-order valence-electron chi connectivity index (χ2n) is 5.93. The molecule has 0 saturated heterocycles. The van der Waals surface area contributed by atoms with Gasteiger partial charge in [0.1, 0.15) is 6.33 Å². The van der Waals surface area contributed by atoms with Crippen molar-refractivity contribution in [2.24, 2.45) is 0 Å². The van der Waals surface area contributed by atoms with Crippen molar-refractivity contribution in [1.29, 1.82) is 0 Å². The number of aromatic nitrogens is 2. The van der Waals surface area contributed by atoms with Gasteiger partial charge in [0, 0.05) is 16.0 Å². The van der Waals surface area contributed by atoms with Gasteiger partial charge in [-0.2, -0.15) is 0 Å². The van der Waals surface area contributed by atoms with Gasteiger partial charge >= 0.3 is 0 Å². The molecule has 25 heavy (non-hydrogen) atoms. The van der Waals surface area contributed by atoms with Crippen molar-refractivity contribution in [3.63, 3.8) is 0 Å². The van der Waals surface area contributed by atoms with Crippen LogP contribution >= 0.6 is 11.3 Å². The Kier molecular flexibility index (Phi) is 4.40. The summed E-state index contributed by atoms with van der Waals surface area (Å²) in [5.74, 6) is 0.284. The standard InChI is InChI=1S/C22H18N2S/c1-2-3-4-5-9-16-10-8-11-17(14-16)20-22-21(24-15-23-20)18-12-6-7-13-19(18)25-22/h2-10,12-15,17H,1,11H2/b4-3-,9-5+. The van der Waals surface area contributed by atoms with Gasteiger partial charge in [-0.25, -0.2) is 9.97 Å². The summed E-state index contributed by atoms with van der Waals surface area (Å²) in [7, 11) is 0. The van der Waals surface area contributed by atoms with E-state index in [-0.39, 0.29) is 5.92 Å². The molecule has 3 heteroatoms. The summed E-state index contributed by atoms with van der Waals surface area (Å²) >= 11 is 1.79. The van der Waals surface area contributed by atoms with E-state index in [1.165, 1.54) is 20.4 Å². The zero-order chi connectivity index (χ0) is 17.1. The molecule has 0 fully saturated rings. The highest BCUT2D eigenvalue weighted by Gasteiger charge is 2.18. The molecule has 0 spiro atoms. The molecule has 2 nitrogen and oxygen atoms in total. The van der Waals surface area contributed by atoms with Crippen molar-refractivity contribution in [3.8, 4) is 0 Å². The number of benzene rings is 1. The van der Waals surface area contributed by atoms with Crippen LogP contribution in [0.25, 0.3) is 20.3 Å². The monoisotopic (exact) mass is 342 g/mol. The fourth-order valence-corrected chi connectivity index (χ4v) is 4.33. The van der Waals surface area contributed by atoms with Crippen LogP contribution in [0.4, 0.5) is 0 Å². The predicted molar refractivity (Wildman–Crippen MR) is 108 cm³/mol. The highest BCUT2D eigenvalue weighted by Crippen LogP contribution is 2.38. The molecule has 0 N–H and O–H groups in total. The molecule has 122 valence electrons. The number of fused-ring (bicyclic) bond motifs is 3.